The third-order valence-corrected chi connectivity index (χ3v) is 4.07. The van der Waals surface area contributed by atoms with Crippen molar-refractivity contribution in [2.45, 2.75) is 5.54 Å². The van der Waals surface area contributed by atoms with Crippen LogP contribution in [0.5, 0.6) is 11.5 Å². The average Bonchev–Trinajstić information content (AvgIpc) is 2.81. The van der Waals surface area contributed by atoms with Crippen LogP contribution in [0, 0.1) is 10.1 Å². The van der Waals surface area contributed by atoms with Gasteiger partial charge in [-0.1, -0.05) is 12.1 Å². The fraction of sp³-hybridized carbons (Fsp3) is 0.294. The van der Waals surface area contributed by atoms with E-state index in [1.54, 1.807) is 12.1 Å². The van der Waals surface area contributed by atoms with Crippen molar-refractivity contribution in [1.29, 1.82) is 0 Å². The molecule has 0 atom stereocenters. The first-order chi connectivity index (χ1) is 11.6. The highest BCUT2D eigenvalue weighted by atomic mass is 16.6. The van der Waals surface area contributed by atoms with Gasteiger partial charge in [0.1, 0.15) is 11.5 Å². The molecule has 0 saturated carbocycles. The Labute approximate surface area is 140 Å². The van der Waals surface area contributed by atoms with E-state index in [1.807, 2.05) is 24.3 Å². The normalized spacial score (nSPS) is 17.0. The molecule has 0 aliphatic carbocycles. The van der Waals surface area contributed by atoms with E-state index in [9.17, 15) is 10.1 Å². The summed E-state index contributed by atoms with van der Waals surface area (Å²) >= 11 is 0. The molecule has 24 heavy (non-hydrogen) atoms. The van der Waals surface area contributed by atoms with Crippen LogP contribution in [-0.2, 0) is 5.54 Å². The number of nitro groups is 1. The van der Waals surface area contributed by atoms with Crippen molar-refractivity contribution in [2.24, 2.45) is 5.73 Å². The highest BCUT2D eigenvalue weighted by molar-refractivity contribution is 5.40. The van der Waals surface area contributed by atoms with Crippen LogP contribution in [0.2, 0.25) is 0 Å². The molecule has 7 heteroatoms. The lowest BCUT2D eigenvalue weighted by Gasteiger charge is -2.28. The number of nitrogens with one attached hydrogen (secondary N) is 2. The molecule has 0 radical (unpaired) electrons. The van der Waals surface area contributed by atoms with Gasteiger partial charge in [-0.2, -0.15) is 0 Å². The van der Waals surface area contributed by atoms with Crippen LogP contribution in [0.15, 0.2) is 48.5 Å². The summed E-state index contributed by atoms with van der Waals surface area (Å²) in [7, 11) is 0. The summed E-state index contributed by atoms with van der Waals surface area (Å²) in [5, 5.41) is 17.3. The van der Waals surface area contributed by atoms with Gasteiger partial charge in [-0.3, -0.25) is 10.1 Å². The van der Waals surface area contributed by atoms with Crippen LogP contribution in [0.3, 0.4) is 0 Å². The van der Waals surface area contributed by atoms with Crippen molar-refractivity contribution in [2.75, 3.05) is 26.2 Å². The van der Waals surface area contributed by atoms with Crippen LogP contribution < -0.4 is 21.1 Å². The Bertz CT molecular complexity index is 693. The number of hydrogen-bond donors (Lipinski definition) is 3. The number of non-ortho nitro benzene ring substituents is 1. The van der Waals surface area contributed by atoms with E-state index in [4.69, 9.17) is 10.5 Å². The second-order valence-electron chi connectivity index (χ2n) is 5.89. The summed E-state index contributed by atoms with van der Waals surface area (Å²) in [6.45, 7) is 3.23. The van der Waals surface area contributed by atoms with E-state index in [-0.39, 0.29) is 5.69 Å². The van der Waals surface area contributed by atoms with E-state index in [0.29, 0.717) is 24.6 Å². The minimum absolute atomic E-state index is 0.0381. The average molecular weight is 328 g/mol. The maximum absolute atomic E-state index is 10.7. The zero-order valence-corrected chi connectivity index (χ0v) is 13.2. The van der Waals surface area contributed by atoms with Crippen molar-refractivity contribution < 1.29 is 9.66 Å². The second kappa shape index (κ2) is 6.96. The third-order valence-electron chi connectivity index (χ3n) is 4.07. The van der Waals surface area contributed by atoms with Crippen molar-refractivity contribution in [3.05, 3.63) is 64.2 Å². The minimum atomic E-state index is -0.456. The van der Waals surface area contributed by atoms with Crippen LogP contribution in [0.4, 0.5) is 5.69 Å². The summed E-state index contributed by atoms with van der Waals surface area (Å²) in [5.41, 5.74) is 7.11. The van der Waals surface area contributed by atoms with Gasteiger partial charge < -0.3 is 21.1 Å². The Kier molecular flexibility index (Phi) is 4.75. The standard InChI is InChI=1S/C17H20N4O3/c18-17(11-19-9-10-20-12-17)13-1-5-15(6-2-13)24-16-7-3-14(4-8-16)21(22)23/h1-8,19-20H,9-12,18H2. The number of ether oxygens (including phenoxy) is 1. The number of rotatable bonds is 4. The zero-order valence-electron chi connectivity index (χ0n) is 13.2. The summed E-state index contributed by atoms with van der Waals surface area (Å²) in [6, 6.07) is 13.6. The van der Waals surface area contributed by atoms with Gasteiger partial charge in [0.15, 0.2) is 0 Å². The Hall–Kier alpha value is -2.48. The molecule has 0 unspecified atom stereocenters. The molecule has 1 aliphatic heterocycles. The Morgan fingerprint density at radius 3 is 1.96 bits per heavy atom. The first-order valence-corrected chi connectivity index (χ1v) is 7.80. The van der Waals surface area contributed by atoms with E-state index in [0.717, 1.165) is 18.7 Å². The highest BCUT2D eigenvalue weighted by Gasteiger charge is 2.28. The highest BCUT2D eigenvalue weighted by Crippen LogP contribution is 2.26. The van der Waals surface area contributed by atoms with Crippen LogP contribution in [-0.4, -0.2) is 31.1 Å². The quantitative estimate of drug-likeness (QED) is 0.583. The smallest absolute Gasteiger partial charge is 0.269 e. The molecule has 1 aliphatic rings. The molecule has 0 aromatic heterocycles. The van der Waals surface area contributed by atoms with Crippen molar-refractivity contribution in [3.8, 4) is 11.5 Å². The van der Waals surface area contributed by atoms with Gasteiger partial charge in [-0.25, -0.2) is 0 Å². The molecule has 7 nitrogen and oxygen atoms in total. The maximum atomic E-state index is 10.7. The molecule has 1 saturated heterocycles. The second-order valence-corrected chi connectivity index (χ2v) is 5.89. The van der Waals surface area contributed by atoms with Crippen molar-refractivity contribution >= 4 is 5.69 Å². The number of nitrogens with two attached hydrogens (primary N) is 1. The lowest BCUT2D eigenvalue weighted by molar-refractivity contribution is -0.384. The zero-order chi connectivity index (χ0) is 17.0. The predicted octanol–water partition coefficient (Wildman–Crippen LogP) is 1.73. The fourth-order valence-electron chi connectivity index (χ4n) is 2.69. The molecule has 0 bridgehead atoms. The van der Waals surface area contributed by atoms with Crippen molar-refractivity contribution in [3.63, 3.8) is 0 Å². The maximum Gasteiger partial charge on any atom is 0.269 e. The fourth-order valence-corrected chi connectivity index (χ4v) is 2.69. The molecule has 2 aromatic rings. The van der Waals surface area contributed by atoms with E-state index in [2.05, 4.69) is 10.6 Å². The Morgan fingerprint density at radius 2 is 1.46 bits per heavy atom. The number of nitrogens with zero attached hydrogens (tertiary/aromatic N) is 1. The van der Waals surface area contributed by atoms with Gasteiger partial charge in [0, 0.05) is 38.3 Å². The van der Waals surface area contributed by atoms with Crippen LogP contribution in [0.25, 0.3) is 0 Å². The molecule has 0 amide bonds. The van der Waals surface area contributed by atoms with Gasteiger partial charge in [0.2, 0.25) is 0 Å². The van der Waals surface area contributed by atoms with Gasteiger partial charge in [0.25, 0.3) is 5.69 Å². The van der Waals surface area contributed by atoms with Crippen LogP contribution >= 0.6 is 0 Å². The first kappa shape index (κ1) is 16.4. The molecule has 1 heterocycles. The summed E-state index contributed by atoms with van der Waals surface area (Å²) in [6.07, 6.45) is 0. The van der Waals surface area contributed by atoms with E-state index >= 15 is 0 Å². The number of benzene rings is 2. The summed E-state index contributed by atoms with van der Waals surface area (Å²) in [5.74, 6) is 1.21. The summed E-state index contributed by atoms with van der Waals surface area (Å²) < 4.78 is 5.72. The number of hydrogen-bond acceptors (Lipinski definition) is 6. The molecule has 2 aromatic carbocycles. The van der Waals surface area contributed by atoms with E-state index in [1.165, 1.54) is 12.1 Å². The van der Waals surface area contributed by atoms with Crippen LogP contribution in [0.1, 0.15) is 5.56 Å². The monoisotopic (exact) mass is 328 g/mol. The molecule has 126 valence electrons. The molecule has 3 rings (SSSR count). The molecule has 4 N–H and O–H groups in total. The van der Waals surface area contributed by atoms with Gasteiger partial charge in [-0.05, 0) is 29.8 Å². The summed E-state index contributed by atoms with van der Waals surface area (Å²) in [4.78, 5) is 10.2. The van der Waals surface area contributed by atoms with Gasteiger partial charge in [0.05, 0.1) is 10.5 Å². The largest absolute Gasteiger partial charge is 0.457 e. The van der Waals surface area contributed by atoms with Gasteiger partial charge >= 0.3 is 0 Å². The van der Waals surface area contributed by atoms with Crippen molar-refractivity contribution in [1.82, 2.24) is 10.6 Å². The molecule has 0 spiro atoms. The molecular formula is C17H20N4O3. The molecular weight excluding hydrogens is 308 g/mol. The topological polar surface area (TPSA) is 102 Å². The van der Waals surface area contributed by atoms with E-state index < -0.39 is 10.5 Å². The Morgan fingerprint density at radius 1 is 0.958 bits per heavy atom. The minimum Gasteiger partial charge on any atom is -0.457 e. The lowest BCUT2D eigenvalue weighted by atomic mass is 9.91. The predicted molar refractivity (Wildman–Crippen MR) is 91.2 cm³/mol. The third kappa shape index (κ3) is 3.70. The lowest BCUT2D eigenvalue weighted by Crippen LogP contribution is -2.49. The SMILES string of the molecule is NC1(c2ccc(Oc3ccc([N+](=O)[O-])cc3)cc2)CNCCNC1. The van der Waals surface area contributed by atoms with Gasteiger partial charge in [-0.15, -0.1) is 0 Å². The Balaban J connectivity index is 1.71. The number of nitro benzene ring substituents is 1. The molecule has 1 fully saturated rings. The first-order valence-electron chi connectivity index (χ1n) is 7.80.